The first kappa shape index (κ1) is 14.4. The molecule has 5 rings (SSSR count). The molecule has 25 heavy (non-hydrogen) atoms. The first-order valence-electron chi connectivity index (χ1n) is 8.64. The molecule has 5 heteroatoms. The number of carbonyl (C=O) groups is 1. The molecule has 1 aromatic heterocycles. The number of para-hydroxylation sites is 3. The van der Waals surface area contributed by atoms with Gasteiger partial charge in [-0.05, 0) is 36.6 Å². The number of carbonyl (C=O) groups excluding carboxylic acids is 1. The summed E-state index contributed by atoms with van der Waals surface area (Å²) in [5.74, 6) is 0.946. The van der Waals surface area contributed by atoms with E-state index in [0.29, 0.717) is 6.54 Å². The topological polar surface area (TPSA) is 58.1 Å². The Labute approximate surface area is 145 Å². The molecule has 5 nitrogen and oxygen atoms in total. The van der Waals surface area contributed by atoms with Crippen LogP contribution in [0.2, 0.25) is 0 Å². The Bertz CT molecular complexity index is 986. The minimum absolute atomic E-state index is 0.104. The second kappa shape index (κ2) is 5.28. The van der Waals surface area contributed by atoms with Crippen LogP contribution in [-0.2, 0) is 10.2 Å². The van der Waals surface area contributed by atoms with Gasteiger partial charge in [0.1, 0.15) is 5.82 Å². The van der Waals surface area contributed by atoms with Crippen molar-refractivity contribution in [3.8, 4) is 0 Å². The van der Waals surface area contributed by atoms with Crippen molar-refractivity contribution in [2.24, 2.45) is 0 Å². The molecule has 0 saturated carbocycles. The van der Waals surface area contributed by atoms with Gasteiger partial charge in [-0.1, -0.05) is 30.3 Å². The van der Waals surface area contributed by atoms with Crippen LogP contribution in [0.1, 0.15) is 18.4 Å². The molecule has 1 spiro atoms. The summed E-state index contributed by atoms with van der Waals surface area (Å²) in [4.78, 5) is 24.3. The van der Waals surface area contributed by atoms with Crippen LogP contribution >= 0.6 is 0 Å². The number of hydrogen-bond donors (Lipinski definition) is 1. The predicted octanol–water partition coefficient (Wildman–Crippen LogP) is 3.12. The lowest BCUT2D eigenvalue weighted by atomic mass is 9.75. The number of anilines is 2. The minimum atomic E-state index is -0.484. The molecule has 0 radical (unpaired) electrons. The van der Waals surface area contributed by atoms with Crippen molar-refractivity contribution in [3.63, 3.8) is 0 Å². The molecule has 1 fully saturated rings. The highest BCUT2D eigenvalue weighted by Crippen LogP contribution is 2.44. The van der Waals surface area contributed by atoms with Crippen molar-refractivity contribution in [2.75, 3.05) is 23.3 Å². The monoisotopic (exact) mass is 330 g/mol. The lowest BCUT2D eigenvalue weighted by Crippen LogP contribution is -2.50. The van der Waals surface area contributed by atoms with Gasteiger partial charge < -0.3 is 10.2 Å². The molecule has 3 aromatic rings. The van der Waals surface area contributed by atoms with Crippen LogP contribution < -0.4 is 10.2 Å². The number of amides is 1. The summed E-state index contributed by atoms with van der Waals surface area (Å²) >= 11 is 0. The summed E-state index contributed by atoms with van der Waals surface area (Å²) in [6, 6.07) is 15.9. The van der Waals surface area contributed by atoms with E-state index in [1.54, 1.807) is 0 Å². The third-order valence-electron chi connectivity index (χ3n) is 5.38. The van der Waals surface area contributed by atoms with Crippen LogP contribution in [-0.4, -0.2) is 29.0 Å². The molecule has 1 unspecified atom stereocenters. The standard InChI is InChI=1S/C20H18N4O/c25-19-20(14-6-1-2-7-15(14)23-19)10-5-11-24(13-20)18-12-21-16-8-3-4-9-17(16)22-18/h1-4,6-9,12H,5,10-11,13H2,(H,23,25). The molecule has 124 valence electrons. The molecule has 3 heterocycles. The van der Waals surface area contributed by atoms with Crippen LogP contribution in [0, 0.1) is 0 Å². The first-order chi connectivity index (χ1) is 12.3. The highest BCUT2D eigenvalue weighted by molar-refractivity contribution is 6.06. The van der Waals surface area contributed by atoms with Crippen LogP contribution in [0.25, 0.3) is 11.0 Å². The average Bonchev–Trinajstić information content (AvgIpc) is 2.93. The van der Waals surface area contributed by atoms with Crippen molar-refractivity contribution in [2.45, 2.75) is 18.3 Å². The van der Waals surface area contributed by atoms with Crippen LogP contribution in [0.15, 0.2) is 54.7 Å². The molecule has 2 aromatic carbocycles. The van der Waals surface area contributed by atoms with E-state index < -0.39 is 5.41 Å². The maximum Gasteiger partial charge on any atom is 0.236 e. The Balaban J connectivity index is 1.55. The number of aromatic nitrogens is 2. The smallest absolute Gasteiger partial charge is 0.236 e. The Morgan fingerprint density at radius 3 is 2.76 bits per heavy atom. The zero-order valence-corrected chi connectivity index (χ0v) is 13.8. The quantitative estimate of drug-likeness (QED) is 0.745. The Hall–Kier alpha value is -2.95. The molecule has 1 atom stereocenters. The van der Waals surface area contributed by atoms with Crippen LogP contribution in [0.3, 0.4) is 0 Å². The number of fused-ring (bicyclic) bond motifs is 3. The van der Waals surface area contributed by atoms with Gasteiger partial charge >= 0.3 is 0 Å². The van der Waals surface area contributed by atoms with Gasteiger partial charge in [0.15, 0.2) is 0 Å². The van der Waals surface area contributed by atoms with E-state index in [4.69, 9.17) is 4.98 Å². The highest BCUT2D eigenvalue weighted by atomic mass is 16.2. The van der Waals surface area contributed by atoms with Crippen molar-refractivity contribution in [1.29, 1.82) is 0 Å². The van der Waals surface area contributed by atoms with Crippen molar-refractivity contribution in [1.82, 2.24) is 9.97 Å². The zero-order chi connectivity index (χ0) is 16.9. The maximum absolute atomic E-state index is 12.8. The Morgan fingerprint density at radius 1 is 1.04 bits per heavy atom. The number of piperidine rings is 1. The molecular formula is C20H18N4O. The van der Waals surface area contributed by atoms with Crippen molar-refractivity contribution >= 4 is 28.4 Å². The molecule has 1 N–H and O–H groups in total. The molecule has 2 aliphatic rings. The molecule has 0 bridgehead atoms. The number of benzene rings is 2. The summed E-state index contributed by atoms with van der Waals surface area (Å²) in [6.07, 6.45) is 3.64. The Morgan fingerprint density at radius 2 is 1.84 bits per heavy atom. The van der Waals surface area contributed by atoms with Gasteiger partial charge in [-0.25, -0.2) is 4.98 Å². The number of hydrogen-bond acceptors (Lipinski definition) is 4. The van der Waals surface area contributed by atoms with E-state index in [-0.39, 0.29) is 5.91 Å². The fourth-order valence-electron chi connectivity index (χ4n) is 4.13. The Kier molecular flexibility index (Phi) is 3.04. The van der Waals surface area contributed by atoms with Gasteiger partial charge in [0.2, 0.25) is 5.91 Å². The second-order valence-corrected chi connectivity index (χ2v) is 6.82. The normalized spacial score (nSPS) is 22.2. The number of nitrogens with zero attached hydrogens (tertiary/aromatic N) is 3. The van der Waals surface area contributed by atoms with Gasteiger partial charge in [-0.3, -0.25) is 9.78 Å². The zero-order valence-electron chi connectivity index (χ0n) is 13.8. The summed E-state index contributed by atoms with van der Waals surface area (Å²) < 4.78 is 0. The van der Waals surface area contributed by atoms with Gasteiger partial charge in [-0.2, -0.15) is 0 Å². The molecule has 0 aliphatic carbocycles. The average molecular weight is 330 g/mol. The molecular weight excluding hydrogens is 312 g/mol. The van der Waals surface area contributed by atoms with Gasteiger partial charge in [-0.15, -0.1) is 0 Å². The summed E-state index contributed by atoms with van der Waals surface area (Å²) in [5.41, 5.74) is 3.34. The number of rotatable bonds is 1. The van der Waals surface area contributed by atoms with Gasteiger partial charge in [0, 0.05) is 18.8 Å². The minimum Gasteiger partial charge on any atom is -0.354 e. The predicted molar refractivity (Wildman–Crippen MR) is 97.7 cm³/mol. The summed E-state index contributed by atoms with van der Waals surface area (Å²) in [5, 5.41) is 3.06. The van der Waals surface area contributed by atoms with E-state index in [9.17, 15) is 4.79 Å². The van der Waals surface area contributed by atoms with Crippen LogP contribution in [0.4, 0.5) is 11.5 Å². The number of nitrogens with one attached hydrogen (secondary N) is 1. The second-order valence-electron chi connectivity index (χ2n) is 6.82. The lowest BCUT2D eigenvalue weighted by molar-refractivity contribution is -0.121. The van der Waals surface area contributed by atoms with E-state index >= 15 is 0 Å². The van der Waals surface area contributed by atoms with Crippen LogP contribution in [0.5, 0.6) is 0 Å². The molecule has 1 saturated heterocycles. The van der Waals surface area contributed by atoms with E-state index in [0.717, 1.165) is 47.5 Å². The van der Waals surface area contributed by atoms with E-state index in [2.05, 4.69) is 21.3 Å². The largest absolute Gasteiger partial charge is 0.354 e. The first-order valence-corrected chi connectivity index (χ1v) is 8.64. The fourth-order valence-corrected chi connectivity index (χ4v) is 4.13. The lowest BCUT2D eigenvalue weighted by Gasteiger charge is -2.39. The SMILES string of the molecule is O=C1Nc2ccccc2C12CCCN(c1cnc3ccccc3n1)C2. The maximum atomic E-state index is 12.8. The summed E-state index contributed by atoms with van der Waals surface area (Å²) in [7, 11) is 0. The molecule has 1 amide bonds. The van der Waals surface area contributed by atoms with Gasteiger partial charge in [0.05, 0.1) is 22.6 Å². The van der Waals surface area contributed by atoms with Gasteiger partial charge in [0.25, 0.3) is 0 Å². The fraction of sp³-hybridized carbons (Fsp3) is 0.250. The van der Waals surface area contributed by atoms with Crippen molar-refractivity contribution < 1.29 is 4.79 Å². The van der Waals surface area contributed by atoms with Crippen molar-refractivity contribution in [3.05, 3.63) is 60.3 Å². The third-order valence-corrected chi connectivity index (χ3v) is 5.38. The highest BCUT2D eigenvalue weighted by Gasteiger charge is 2.49. The van der Waals surface area contributed by atoms with E-state index in [1.807, 2.05) is 48.7 Å². The summed E-state index contributed by atoms with van der Waals surface area (Å²) in [6.45, 7) is 1.53. The van der Waals surface area contributed by atoms with E-state index in [1.165, 1.54) is 0 Å². The molecule has 2 aliphatic heterocycles. The third kappa shape index (κ3) is 2.12.